The lowest BCUT2D eigenvalue weighted by Gasteiger charge is -2.39. The normalized spacial score (nSPS) is 28.8. The Bertz CT molecular complexity index is 406. The molecule has 3 rings (SSSR count). The fourth-order valence-corrected chi connectivity index (χ4v) is 3.72. The van der Waals surface area contributed by atoms with Gasteiger partial charge in [0.25, 0.3) is 0 Å². The number of benzene rings is 1. The molecule has 2 aliphatic rings. The summed E-state index contributed by atoms with van der Waals surface area (Å²) in [5.74, 6) is 0.943. The molecule has 1 unspecified atom stereocenters. The molecule has 1 aromatic rings. The van der Waals surface area contributed by atoms with Gasteiger partial charge in [-0.2, -0.15) is 0 Å². The number of aryl methyl sites for hydroxylation is 1. The van der Waals surface area contributed by atoms with E-state index in [1.807, 2.05) is 0 Å². The Morgan fingerprint density at radius 3 is 2.88 bits per heavy atom. The average Bonchev–Trinajstić information content (AvgIpc) is 3.12. The van der Waals surface area contributed by atoms with E-state index in [4.69, 9.17) is 5.73 Å². The van der Waals surface area contributed by atoms with E-state index in [9.17, 15) is 0 Å². The first-order chi connectivity index (χ1) is 7.76. The highest BCUT2D eigenvalue weighted by Crippen LogP contribution is 2.55. The number of nitrogens with two attached hydrogens (primary N) is 1. The van der Waals surface area contributed by atoms with E-state index in [1.165, 1.54) is 38.5 Å². The highest BCUT2D eigenvalue weighted by Gasteiger charge is 2.46. The van der Waals surface area contributed by atoms with Crippen molar-refractivity contribution < 1.29 is 0 Å². The molecule has 16 heavy (non-hydrogen) atoms. The van der Waals surface area contributed by atoms with Crippen molar-refractivity contribution in [2.45, 2.75) is 50.9 Å². The fraction of sp³-hybridized carbons (Fsp3) is 0.600. The number of anilines is 1. The van der Waals surface area contributed by atoms with Gasteiger partial charge in [-0.3, -0.25) is 0 Å². The standard InChI is InChI=1S/C15H21N/c1-2-15(12-6-7-12)9-3-4-11-5-8-13(16)10-14(11)15/h5,8,10,12H,2-4,6-7,9,16H2,1H3. The van der Waals surface area contributed by atoms with Crippen molar-refractivity contribution in [3.63, 3.8) is 0 Å². The average molecular weight is 215 g/mol. The third-order valence-corrected chi connectivity index (χ3v) is 4.73. The van der Waals surface area contributed by atoms with Crippen molar-refractivity contribution in [3.8, 4) is 0 Å². The molecule has 1 atom stereocenters. The number of hydrogen-bond donors (Lipinski definition) is 1. The van der Waals surface area contributed by atoms with Crippen LogP contribution in [0.25, 0.3) is 0 Å². The molecule has 1 saturated carbocycles. The van der Waals surface area contributed by atoms with E-state index >= 15 is 0 Å². The summed E-state index contributed by atoms with van der Waals surface area (Å²) in [6, 6.07) is 6.59. The van der Waals surface area contributed by atoms with E-state index < -0.39 is 0 Å². The molecule has 1 heteroatoms. The van der Waals surface area contributed by atoms with Crippen LogP contribution in [0.1, 0.15) is 50.2 Å². The van der Waals surface area contributed by atoms with Gasteiger partial charge in [-0.05, 0) is 73.1 Å². The van der Waals surface area contributed by atoms with Crippen LogP contribution in [0, 0.1) is 5.92 Å². The lowest BCUT2D eigenvalue weighted by Crippen LogP contribution is -2.32. The first kappa shape index (κ1) is 10.2. The van der Waals surface area contributed by atoms with E-state index in [-0.39, 0.29) is 0 Å². The minimum absolute atomic E-state index is 0.475. The van der Waals surface area contributed by atoms with E-state index in [2.05, 4.69) is 25.1 Å². The second kappa shape index (κ2) is 3.51. The second-order valence-corrected chi connectivity index (χ2v) is 5.55. The molecular weight excluding hydrogens is 194 g/mol. The Morgan fingerprint density at radius 2 is 2.19 bits per heavy atom. The van der Waals surface area contributed by atoms with Crippen LogP contribution in [0.3, 0.4) is 0 Å². The number of nitrogen functional groups attached to an aromatic ring is 1. The van der Waals surface area contributed by atoms with Crippen molar-refractivity contribution in [3.05, 3.63) is 29.3 Å². The molecule has 2 N–H and O–H groups in total. The molecule has 0 aliphatic heterocycles. The number of hydrogen-bond acceptors (Lipinski definition) is 1. The molecule has 0 bridgehead atoms. The molecule has 1 aromatic carbocycles. The largest absolute Gasteiger partial charge is 0.399 e. The summed E-state index contributed by atoms with van der Waals surface area (Å²) in [6.45, 7) is 2.36. The third-order valence-electron chi connectivity index (χ3n) is 4.73. The zero-order valence-electron chi connectivity index (χ0n) is 10.1. The summed E-state index contributed by atoms with van der Waals surface area (Å²) in [4.78, 5) is 0. The molecule has 2 aliphatic carbocycles. The van der Waals surface area contributed by atoms with Crippen LogP contribution in [0.2, 0.25) is 0 Å². The number of fused-ring (bicyclic) bond motifs is 1. The summed E-state index contributed by atoms with van der Waals surface area (Å²) in [5, 5.41) is 0. The van der Waals surface area contributed by atoms with Crippen molar-refractivity contribution in [2.75, 3.05) is 5.73 Å². The van der Waals surface area contributed by atoms with Gasteiger partial charge in [0.05, 0.1) is 0 Å². The molecule has 1 fully saturated rings. The van der Waals surface area contributed by atoms with Crippen LogP contribution in [0.5, 0.6) is 0 Å². The van der Waals surface area contributed by atoms with Gasteiger partial charge in [-0.25, -0.2) is 0 Å². The van der Waals surface area contributed by atoms with Crippen molar-refractivity contribution in [1.29, 1.82) is 0 Å². The smallest absolute Gasteiger partial charge is 0.0317 e. The quantitative estimate of drug-likeness (QED) is 0.748. The third kappa shape index (κ3) is 1.37. The lowest BCUT2D eigenvalue weighted by atomic mass is 9.65. The SMILES string of the molecule is CCC1(C2CC2)CCCc2ccc(N)cc21. The molecule has 0 radical (unpaired) electrons. The highest BCUT2D eigenvalue weighted by atomic mass is 14.6. The van der Waals surface area contributed by atoms with Gasteiger partial charge in [0, 0.05) is 5.69 Å². The molecule has 0 spiro atoms. The minimum atomic E-state index is 0.475. The fourth-order valence-electron chi connectivity index (χ4n) is 3.72. The van der Waals surface area contributed by atoms with Crippen molar-refractivity contribution in [1.82, 2.24) is 0 Å². The monoisotopic (exact) mass is 215 g/mol. The number of rotatable bonds is 2. The maximum Gasteiger partial charge on any atom is 0.0317 e. The van der Waals surface area contributed by atoms with Gasteiger partial charge < -0.3 is 5.73 Å². The van der Waals surface area contributed by atoms with E-state index in [0.29, 0.717) is 5.41 Å². The van der Waals surface area contributed by atoms with E-state index in [0.717, 1.165) is 11.6 Å². The first-order valence-corrected chi connectivity index (χ1v) is 6.65. The first-order valence-electron chi connectivity index (χ1n) is 6.65. The van der Waals surface area contributed by atoms with Crippen LogP contribution >= 0.6 is 0 Å². The molecule has 86 valence electrons. The lowest BCUT2D eigenvalue weighted by molar-refractivity contribution is 0.302. The van der Waals surface area contributed by atoms with E-state index in [1.54, 1.807) is 11.1 Å². The van der Waals surface area contributed by atoms with Gasteiger partial charge in [0.2, 0.25) is 0 Å². The molecule has 0 aromatic heterocycles. The van der Waals surface area contributed by atoms with Gasteiger partial charge in [0.1, 0.15) is 0 Å². The van der Waals surface area contributed by atoms with Gasteiger partial charge in [-0.15, -0.1) is 0 Å². The Hall–Kier alpha value is -0.980. The predicted octanol–water partition coefficient (Wildman–Crippen LogP) is 3.66. The summed E-state index contributed by atoms with van der Waals surface area (Å²) < 4.78 is 0. The van der Waals surface area contributed by atoms with Gasteiger partial charge >= 0.3 is 0 Å². The van der Waals surface area contributed by atoms with Crippen LogP contribution in [-0.2, 0) is 11.8 Å². The molecule has 0 heterocycles. The van der Waals surface area contributed by atoms with Crippen LogP contribution in [-0.4, -0.2) is 0 Å². The summed E-state index contributed by atoms with van der Waals surface area (Å²) in [6.07, 6.45) is 8.15. The van der Waals surface area contributed by atoms with Crippen molar-refractivity contribution in [2.24, 2.45) is 5.92 Å². The Balaban J connectivity index is 2.12. The zero-order chi connectivity index (χ0) is 11.2. The maximum absolute atomic E-state index is 5.98. The Morgan fingerprint density at radius 1 is 1.38 bits per heavy atom. The van der Waals surface area contributed by atoms with Gasteiger partial charge in [0.15, 0.2) is 0 Å². The highest BCUT2D eigenvalue weighted by molar-refractivity contribution is 5.49. The molecule has 1 nitrogen and oxygen atoms in total. The van der Waals surface area contributed by atoms with Crippen molar-refractivity contribution >= 4 is 5.69 Å². The molecule has 0 amide bonds. The molecular formula is C15H21N. The van der Waals surface area contributed by atoms with Crippen LogP contribution in [0.15, 0.2) is 18.2 Å². The summed E-state index contributed by atoms with van der Waals surface area (Å²) in [7, 11) is 0. The summed E-state index contributed by atoms with van der Waals surface area (Å²) >= 11 is 0. The van der Waals surface area contributed by atoms with Crippen LogP contribution in [0.4, 0.5) is 5.69 Å². The van der Waals surface area contributed by atoms with Crippen LogP contribution < -0.4 is 5.73 Å². The topological polar surface area (TPSA) is 26.0 Å². The van der Waals surface area contributed by atoms with Gasteiger partial charge in [-0.1, -0.05) is 13.0 Å². The zero-order valence-corrected chi connectivity index (χ0v) is 10.1. The summed E-state index contributed by atoms with van der Waals surface area (Å²) in [5.41, 5.74) is 10.5. The Labute approximate surface area is 98.0 Å². The second-order valence-electron chi connectivity index (χ2n) is 5.55. The molecule has 0 saturated heterocycles. The Kier molecular flexibility index (Phi) is 2.24. The predicted molar refractivity (Wildman–Crippen MR) is 68.5 cm³/mol. The minimum Gasteiger partial charge on any atom is -0.399 e. The maximum atomic E-state index is 5.98.